The molecule has 2 aliphatic heterocycles. The number of benzene rings is 2. The molecular formula is C26H32F5N3O3S. The summed E-state index contributed by atoms with van der Waals surface area (Å²) in [5.41, 5.74) is -0.279. The van der Waals surface area contributed by atoms with E-state index in [9.17, 15) is 30.4 Å². The molecule has 2 fully saturated rings. The molecule has 12 heteroatoms. The number of hydrogen-bond donors (Lipinski definition) is 0. The predicted molar refractivity (Wildman–Crippen MR) is 132 cm³/mol. The van der Waals surface area contributed by atoms with Crippen LogP contribution in [-0.2, 0) is 22.7 Å². The fourth-order valence-corrected chi connectivity index (χ4v) is 6.82. The minimum Gasteiger partial charge on any atom is -0.434 e. The molecule has 2 heterocycles. The average molecular weight is 562 g/mol. The largest absolute Gasteiger partial charge is 0.434 e. The number of nitrogens with zero attached hydrogens (tertiary/aromatic N) is 3. The van der Waals surface area contributed by atoms with Crippen molar-refractivity contribution in [3.05, 3.63) is 59.7 Å². The van der Waals surface area contributed by atoms with E-state index in [1.165, 1.54) is 10.4 Å². The molecule has 6 nitrogen and oxygen atoms in total. The van der Waals surface area contributed by atoms with Gasteiger partial charge in [0.15, 0.2) is 0 Å². The minimum atomic E-state index is -4.55. The van der Waals surface area contributed by atoms with Crippen molar-refractivity contribution >= 4 is 10.0 Å². The molecule has 2 saturated heterocycles. The van der Waals surface area contributed by atoms with Crippen molar-refractivity contribution in [2.24, 2.45) is 0 Å². The van der Waals surface area contributed by atoms with E-state index in [0.29, 0.717) is 44.6 Å². The topological polar surface area (TPSA) is 53.1 Å². The highest BCUT2D eigenvalue weighted by Crippen LogP contribution is 2.32. The summed E-state index contributed by atoms with van der Waals surface area (Å²) in [6, 6.07) is 9.90. The Hall–Kier alpha value is -2.28. The Balaban J connectivity index is 1.47. The zero-order chi connectivity index (χ0) is 27.3. The molecule has 0 unspecified atom stereocenters. The Morgan fingerprint density at radius 3 is 2.16 bits per heavy atom. The number of likely N-dealkylation sites (tertiary alicyclic amines) is 2. The summed E-state index contributed by atoms with van der Waals surface area (Å²) in [7, 11) is -4.03. The van der Waals surface area contributed by atoms with Crippen LogP contribution in [0.2, 0.25) is 0 Å². The van der Waals surface area contributed by atoms with Gasteiger partial charge in [-0.2, -0.15) is 26.3 Å². The second kappa shape index (κ2) is 12.3. The Morgan fingerprint density at radius 2 is 1.55 bits per heavy atom. The number of halogens is 5. The summed E-state index contributed by atoms with van der Waals surface area (Å²) >= 11 is 0. The summed E-state index contributed by atoms with van der Waals surface area (Å²) in [5, 5.41) is 0. The van der Waals surface area contributed by atoms with Crippen LogP contribution in [0.3, 0.4) is 0 Å². The van der Waals surface area contributed by atoms with Gasteiger partial charge in [0, 0.05) is 44.3 Å². The highest BCUT2D eigenvalue weighted by molar-refractivity contribution is 7.89. The third kappa shape index (κ3) is 7.22. The van der Waals surface area contributed by atoms with Crippen LogP contribution in [-0.4, -0.2) is 74.4 Å². The van der Waals surface area contributed by atoms with Crippen molar-refractivity contribution in [1.82, 2.24) is 14.1 Å². The Morgan fingerprint density at radius 1 is 0.921 bits per heavy atom. The summed E-state index contributed by atoms with van der Waals surface area (Å²) < 4.78 is 98.0. The molecule has 210 valence electrons. The molecule has 0 spiro atoms. The minimum absolute atomic E-state index is 0.113. The molecule has 0 aliphatic carbocycles. The van der Waals surface area contributed by atoms with Crippen LogP contribution in [0.5, 0.6) is 5.75 Å². The molecule has 0 saturated carbocycles. The van der Waals surface area contributed by atoms with Gasteiger partial charge in [-0.1, -0.05) is 18.2 Å². The van der Waals surface area contributed by atoms with Crippen molar-refractivity contribution in [2.45, 2.75) is 56.0 Å². The molecule has 0 radical (unpaired) electrons. The van der Waals surface area contributed by atoms with Crippen LogP contribution in [0.25, 0.3) is 0 Å². The van der Waals surface area contributed by atoms with Crippen LogP contribution in [0.4, 0.5) is 22.0 Å². The van der Waals surface area contributed by atoms with Crippen molar-refractivity contribution in [3.8, 4) is 5.75 Å². The Kier molecular flexibility index (Phi) is 9.27. The van der Waals surface area contributed by atoms with Crippen molar-refractivity contribution in [1.29, 1.82) is 0 Å². The highest BCUT2D eigenvalue weighted by Gasteiger charge is 2.36. The highest BCUT2D eigenvalue weighted by atomic mass is 32.2. The lowest BCUT2D eigenvalue weighted by Crippen LogP contribution is -2.49. The second-order valence-electron chi connectivity index (χ2n) is 9.68. The number of alkyl halides is 5. The van der Waals surface area contributed by atoms with Crippen LogP contribution in [0.1, 0.15) is 36.8 Å². The number of sulfonamides is 1. The predicted octanol–water partition coefficient (Wildman–Crippen LogP) is 5.06. The molecule has 4 rings (SSSR count). The van der Waals surface area contributed by atoms with E-state index >= 15 is 0 Å². The van der Waals surface area contributed by atoms with Crippen molar-refractivity contribution in [2.75, 3.05) is 39.3 Å². The molecule has 2 aromatic carbocycles. The molecule has 0 bridgehead atoms. The normalized spacial score (nSPS) is 18.5. The average Bonchev–Trinajstić information content (AvgIpc) is 3.39. The Bertz CT molecular complexity index is 1150. The number of ether oxygens (including phenoxy) is 1. The maximum atomic E-state index is 13.6. The van der Waals surface area contributed by atoms with E-state index in [1.807, 2.05) is 0 Å². The Labute approximate surface area is 220 Å². The van der Waals surface area contributed by atoms with Gasteiger partial charge < -0.3 is 9.64 Å². The van der Waals surface area contributed by atoms with E-state index in [0.717, 1.165) is 50.2 Å². The van der Waals surface area contributed by atoms with E-state index in [4.69, 9.17) is 0 Å². The lowest BCUT2D eigenvalue weighted by atomic mass is 10.0. The fraction of sp³-hybridized carbons (Fsp3) is 0.538. The first kappa shape index (κ1) is 28.7. The molecule has 0 amide bonds. The third-order valence-electron chi connectivity index (χ3n) is 7.17. The summed E-state index contributed by atoms with van der Waals surface area (Å²) in [4.78, 5) is 4.10. The molecule has 0 atom stereocenters. The molecule has 2 aliphatic rings. The zero-order valence-electron chi connectivity index (χ0n) is 20.9. The lowest BCUT2D eigenvalue weighted by molar-refractivity contribution is -0.137. The van der Waals surface area contributed by atoms with Crippen LogP contribution in [0, 0.1) is 0 Å². The quantitative estimate of drug-likeness (QED) is 0.380. The fourth-order valence-electron chi connectivity index (χ4n) is 5.15. The number of piperidine rings is 1. The van der Waals surface area contributed by atoms with E-state index in [-0.39, 0.29) is 23.2 Å². The molecule has 38 heavy (non-hydrogen) atoms. The summed E-state index contributed by atoms with van der Waals surface area (Å²) in [6.45, 7) is 1.13. The number of hydrogen-bond acceptors (Lipinski definition) is 5. The van der Waals surface area contributed by atoms with Crippen molar-refractivity contribution < 1.29 is 35.1 Å². The molecular weight excluding hydrogens is 529 g/mol. The van der Waals surface area contributed by atoms with Gasteiger partial charge >= 0.3 is 12.8 Å². The van der Waals surface area contributed by atoms with Gasteiger partial charge in [0.25, 0.3) is 0 Å². The second-order valence-corrected chi connectivity index (χ2v) is 11.6. The van der Waals surface area contributed by atoms with E-state index in [1.54, 1.807) is 18.2 Å². The first-order valence-electron chi connectivity index (χ1n) is 12.7. The standard InChI is InChI=1S/C26H32F5N3O3S/c27-25(28)37-24-6-2-1-5-20(24)19-33-15-11-22(12-16-33)34(18-17-32-13-3-4-14-32)38(35,36)23-9-7-21(8-10-23)26(29,30)31/h1-2,5-10,22,25H,3-4,11-19H2. The van der Waals surface area contributed by atoms with Gasteiger partial charge in [-0.3, -0.25) is 4.90 Å². The number of para-hydroxylation sites is 1. The van der Waals surface area contributed by atoms with Gasteiger partial charge in [-0.25, -0.2) is 8.42 Å². The first-order chi connectivity index (χ1) is 18.0. The molecule has 2 aromatic rings. The maximum Gasteiger partial charge on any atom is 0.416 e. The molecule has 0 N–H and O–H groups in total. The van der Waals surface area contributed by atoms with Gasteiger partial charge in [0.05, 0.1) is 10.5 Å². The maximum absolute atomic E-state index is 13.6. The smallest absolute Gasteiger partial charge is 0.416 e. The van der Waals surface area contributed by atoms with Crippen molar-refractivity contribution in [3.63, 3.8) is 0 Å². The van der Waals surface area contributed by atoms with E-state index < -0.39 is 28.4 Å². The number of rotatable bonds is 10. The summed E-state index contributed by atoms with van der Waals surface area (Å²) in [6.07, 6.45) is -1.42. The first-order valence-corrected chi connectivity index (χ1v) is 14.1. The third-order valence-corrected chi connectivity index (χ3v) is 9.14. The molecule has 0 aromatic heterocycles. The summed E-state index contributed by atoms with van der Waals surface area (Å²) in [5.74, 6) is 0.113. The monoisotopic (exact) mass is 561 g/mol. The van der Waals surface area contributed by atoms with Crippen LogP contribution in [0.15, 0.2) is 53.4 Å². The lowest BCUT2D eigenvalue weighted by Gasteiger charge is -2.38. The SMILES string of the molecule is O=S(=O)(c1ccc(C(F)(F)F)cc1)N(CCN1CCCC1)C1CCN(Cc2ccccc2OC(F)F)CC1. The van der Waals surface area contributed by atoms with E-state index in [2.05, 4.69) is 14.5 Å². The van der Waals surface area contributed by atoms with Crippen LogP contribution < -0.4 is 4.74 Å². The van der Waals surface area contributed by atoms with Gasteiger partial charge in [0.1, 0.15) is 5.75 Å². The zero-order valence-corrected chi connectivity index (χ0v) is 21.7. The van der Waals surface area contributed by atoms with Crippen LogP contribution >= 0.6 is 0 Å². The van der Waals surface area contributed by atoms with Gasteiger partial charge in [0.2, 0.25) is 10.0 Å². The van der Waals surface area contributed by atoms with Gasteiger partial charge in [-0.15, -0.1) is 0 Å². The van der Waals surface area contributed by atoms with Gasteiger partial charge in [-0.05, 0) is 69.1 Å².